The molecule has 92 valence electrons. The predicted molar refractivity (Wildman–Crippen MR) is 78.3 cm³/mol. The Kier molecular flexibility index (Phi) is 5.00. The smallest absolute Gasteiger partial charge is 0.140 e. The zero-order valence-corrected chi connectivity index (χ0v) is 12.6. The Morgan fingerprint density at radius 1 is 1.41 bits per heavy atom. The van der Waals surface area contributed by atoms with Crippen molar-refractivity contribution in [2.75, 3.05) is 25.0 Å². The van der Waals surface area contributed by atoms with Crippen molar-refractivity contribution in [3.63, 3.8) is 0 Å². The van der Waals surface area contributed by atoms with Gasteiger partial charge in [0, 0.05) is 23.8 Å². The fourth-order valence-electron chi connectivity index (χ4n) is 1.78. The van der Waals surface area contributed by atoms with E-state index in [1.807, 2.05) is 6.07 Å². The standard InChI is InChI=1S/C12H15Br2N3/c13-10-7-11(14)12(17-8-10)16-6-3-9-1-4-15-5-2-9/h1,7-8,15H,2-6H2,(H,16,17). The van der Waals surface area contributed by atoms with Crippen LogP contribution in [0.25, 0.3) is 0 Å². The summed E-state index contributed by atoms with van der Waals surface area (Å²) in [6, 6.07) is 2.00. The van der Waals surface area contributed by atoms with Gasteiger partial charge in [-0.1, -0.05) is 11.6 Å². The normalized spacial score (nSPS) is 15.5. The number of hydrogen-bond donors (Lipinski definition) is 2. The molecule has 5 heteroatoms. The SMILES string of the molecule is Brc1cnc(NCCC2=CCNCC2)c(Br)c1. The number of hydrogen-bond acceptors (Lipinski definition) is 3. The molecule has 0 radical (unpaired) electrons. The minimum atomic E-state index is 0.905. The van der Waals surface area contributed by atoms with Gasteiger partial charge in [-0.15, -0.1) is 0 Å². The van der Waals surface area contributed by atoms with Crippen LogP contribution in [0.2, 0.25) is 0 Å². The Morgan fingerprint density at radius 3 is 3.00 bits per heavy atom. The number of aromatic nitrogens is 1. The number of rotatable bonds is 4. The maximum Gasteiger partial charge on any atom is 0.140 e. The molecular formula is C12H15Br2N3. The second-order valence-electron chi connectivity index (χ2n) is 3.98. The van der Waals surface area contributed by atoms with E-state index < -0.39 is 0 Å². The van der Waals surface area contributed by atoms with Gasteiger partial charge in [0.05, 0.1) is 4.47 Å². The minimum absolute atomic E-state index is 0.905. The molecule has 2 rings (SSSR count). The molecule has 0 atom stereocenters. The van der Waals surface area contributed by atoms with Gasteiger partial charge in [0.15, 0.2) is 0 Å². The van der Waals surface area contributed by atoms with Gasteiger partial charge in [-0.2, -0.15) is 0 Å². The molecule has 0 spiro atoms. The van der Waals surface area contributed by atoms with E-state index in [4.69, 9.17) is 0 Å². The van der Waals surface area contributed by atoms with E-state index in [1.54, 1.807) is 6.20 Å². The minimum Gasteiger partial charge on any atom is -0.369 e. The van der Waals surface area contributed by atoms with Crippen LogP contribution in [0.5, 0.6) is 0 Å². The van der Waals surface area contributed by atoms with E-state index in [2.05, 4.69) is 53.6 Å². The molecule has 0 amide bonds. The van der Waals surface area contributed by atoms with Gasteiger partial charge in [0.1, 0.15) is 5.82 Å². The highest BCUT2D eigenvalue weighted by atomic mass is 79.9. The summed E-state index contributed by atoms with van der Waals surface area (Å²) < 4.78 is 1.97. The molecule has 17 heavy (non-hydrogen) atoms. The average molecular weight is 361 g/mol. The first-order chi connectivity index (χ1) is 8.25. The first-order valence-electron chi connectivity index (χ1n) is 5.69. The van der Waals surface area contributed by atoms with Gasteiger partial charge in [-0.05, 0) is 57.3 Å². The van der Waals surface area contributed by atoms with Crippen LogP contribution in [0.1, 0.15) is 12.8 Å². The molecule has 0 aliphatic carbocycles. The molecule has 0 bridgehead atoms. The van der Waals surface area contributed by atoms with Crippen molar-refractivity contribution in [3.8, 4) is 0 Å². The van der Waals surface area contributed by atoms with E-state index in [-0.39, 0.29) is 0 Å². The third-order valence-electron chi connectivity index (χ3n) is 2.70. The third-order valence-corrected chi connectivity index (χ3v) is 3.74. The molecular weight excluding hydrogens is 346 g/mol. The summed E-state index contributed by atoms with van der Waals surface area (Å²) in [5.74, 6) is 0.905. The van der Waals surface area contributed by atoms with E-state index in [0.717, 1.165) is 47.2 Å². The maximum absolute atomic E-state index is 4.32. The summed E-state index contributed by atoms with van der Waals surface area (Å²) in [6.07, 6.45) is 6.34. The van der Waals surface area contributed by atoms with Gasteiger partial charge in [0.25, 0.3) is 0 Å². The second kappa shape index (κ2) is 6.52. The molecule has 0 saturated heterocycles. The van der Waals surface area contributed by atoms with Crippen molar-refractivity contribution >= 4 is 37.7 Å². The van der Waals surface area contributed by atoms with Gasteiger partial charge in [-0.25, -0.2) is 4.98 Å². The Hall–Kier alpha value is -0.390. The van der Waals surface area contributed by atoms with E-state index >= 15 is 0 Å². The maximum atomic E-state index is 4.32. The summed E-state index contributed by atoms with van der Waals surface area (Å²) >= 11 is 6.88. The highest BCUT2D eigenvalue weighted by Crippen LogP contribution is 2.23. The van der Waals surface area contributed by atoms with Gasteiger partial charge >= 0.3 is 0 Å². The topological polar surface area (TPSA) is 37.0 Å². The highest BCUT2D eigenvalue weighted by Gasteiger charge is 2.04. The van der Waals surface area contributed by atoms with E-state index in [1.165, 1.54) is 5.57 Å². The van der Waals surface area contributed by atoms with Gasteiger partial charge < -0.3 is 10.6 Å². The molecule has 1 aliphatic heterocycles. The molecule has 1 aliphatic rings. The lowest BCUT2D eigenvalue weighted by Crippen LogP contribution is -2.21. The van der Waals surface area contributed by atoms with Crippen LogP contribution in [0.15, 0.2) is 32.9 Å². The van der Waals surface area contributed by atoms with Crippen molar-refractivity contribution in [2.45, 2.75) is 12.8 Å². The fraction of sp³-hybridized carbons (Fsp3) is 0.417. The van der Waals surface area contributed by atoms with Crippen LogP contribution in [0.3, 0.4) is 0 Å². The Morgan fingerprint density at radius 2 is 2.29 bits per heavy atom. The Labute approximate surface area is 118 Å². The molecule has 0 unspecified atom stereocenters. The summed E-state index contributed by atoms with van der Waals surface area (Å²) in [7, 11) is 0. The molecule has 1 aromatic rings. The number of halogens is 2. The van der Waals surface area contributed by atoms with Crippen molar-refractivity contribution in [1.82, 2.24) is 10.3 Å². The lowest BCUT2D eigenvalue weighted by Gasteiger charge is -2.14. The van der Waals surface area contributed by atoms with Crippen molar-refractivity contribution in [1.29, 1.82) is 0 Å². The number of pyridine rings is 1. The molecule has 2 heterocycles. The molecule has 2 N–H and O–H groups in total. The zero-order valence-electron chi connectivity index (χ0n) is 9.47. The largest absolute Gasteiger partial charge is 0.369 e. The number of anilines is 1. The quantitative estimate of drug-likeness (QED) is 0.808. The second-order valence-corrected chi connectivity index (χ2v) is 5.75. The molecule has 0 aromatic carbocycles. The predicted octanol–water partition coefficient (Wildman–Crippen LogP) is 3.33. The molecule has 1 aromatic heterocycles. The van der Waals surface area contributed by atoms with E-state index in [0.29, 0.717) is 0 Å². The lowest BCUT2D eigenvalue weighted by molar-refractivity contribution is 0.683. The van der Waals surface area contributed by atoms with Gasteiger partial charge in [-0.3, -0.25) is 0 Å². The Balaban J connectivity index is 1.83. The monoisotopic (exact) mass is 359 g/mol. The number of nitrogens with one attached hydrogen (secondary N) is 2. The third kappa shape index (κ3) is 4.08. The first-order valence-corrected chi connectivity index (χ1v) is 7.28. The van der Waals surface area contributed by atoms with Crippen molar-refractivity contribution < 1.29 is 0 Å². The summed E-state index contributed by atoms with van der Waals surface area (Å²) in [6.45, 7) is 3.04. The number of nitrogens with zero attached hydrogens (tertiary/aromatic N) is 1. The van der Waals surface area contributed by atoms with Crippen LogP contribution in [-0.4, -0.2) is 24.6 Å². The average Bonchev–Trinajstić information content (AvgIpc) is 2.33. The van der Waals surface area contributed by atoms with Crippen LogP contribution in [-0.2, 0) is 0 Å². The summed E-state index contributed by atoms with van der Waals surface area (Å²) in [4.78, 5) is 4.32. The highest BCUT2D eigenvalue weighted by molar-refractivity contribution is 9.11. The zero-order chi connectivity index (χ0) is 12.1. The van der Waals surface area contributed by atoms with Crippen LogP contribution < -0.4 is 10.6 Å². The van der Waals surface area contributed by atoms with Crippen LogP contribution in [0.4, 0.5) is 5.82 Å². The molecule has 0 saturated carbocycles. The fourth-order valence-corrected chi connectivity index (χ4v) is 2.91. The first kappa shape index (κ1) is 13.1. The summed E-state index contributed by atoms with van der Waals surface area (Å²) in [5, 5.41) is 6.66. The molecule has 3 nitrogen and oxygen atoms in total. The lowest BCUT2D eigenvalue weighted by atomic mass is 10.1. The van der Waals surface area contributed by atoms with Crippen molar-refractivity contribution in [3.05, 3.63) is 32.9 Å². The van der Waals surface area contributed by atoms with Gasteiger partial charge in [0.2, 0.25) is 0 Å². The Bertz CT molecular complexity index is 418. The molecule has 0 fully saturated rings. The van der Waals surface area contributed by atoms with Crippen LogP contribution >= 0.6 is 31.9 Å². The van der Waals surface area contributed by atoms with E-state index in [9.17, 15) is 0 Å². The van der Waals surface area contributed by atoms with Crippen LogP contribution in [0, 0.1) is 0 Å². The van der Waals surface area contributed by atoms with Crippen molar-refractivity contribution in [2.24, 2.45) is 0 Å². The summed E-state index contributed by atoms with van der Waals surface area (Å²) in [5.41, 5.74) is 1.53.